The van der Waals surface area contributed by atoms with Crippen LogP contribution >= 0.6 is 11.6 Å². The molecule has 4 rings (SSSR count). The van der Waals surface area contributed by atoms with Gasteiger partial charge in [0.2, 0.25) is 17.5 Å². The van der Waals surface area contributed by atoms with Crippen molar-refractivity contribution in [3.63, 3.8) is 0 Å². The highest BCUT2D eigenvalue weighted by molar-refractivity contribution is 6.51. The first-order valence-electron chi connectivity index (χ1n) is 16.3. The summed E-state index contributed by atoms with van der Waals surface area (Å²) in [6.45, 7) is 9.66. The zero-order valence-corrected chi connectivity index (χ0v) is 29.7. The van der Waals surface area contributed by atoms with Gasteiger partial charge in [0.15, 0.2) is 11.6 Å². The summed E-state index contributed by atoms with van der Waals surface area (Å²) in [6.07, 6.45) is 12.2. The van der Waals surface area contributed by atoms with Gasteiger partial charge in [0.25, 0.3) is 0 Å². The van der Waals surface area contributed by atoms with Gasteiger partial charge in [0.1, 0.15) is 16.5 Å². The number of carbonyl (C=O) groups excluding carboxylic acids is 5. The summed E-state index contributed by atoms with van der Waals surface area (Å²) in [5, 5.41) is 44.7. The Balaban J connectivity index is 2.05. The number of phenols is 1. The monoisotopic (exact) mass is 705 g/mol. The Morgan fingerprint density at radius 3 is 2.10 bits per heavy atom. The molecule has 4 bridgehead atoms. The van der Waals surface area contributed by atoms with Gasteiger partial charge in [0, 0.05) is 41.4 Å². The van der Waals surface area contributed by atoms with Gasteiger partial charge in [-0.1, -0.05) is 87.1 Å². The zero-order chi connectivity index (χ0) is 37.4. The van der Waals surface area contributed by atoms with E-state index in [4.69, 9.17) is 11.6 Å². The lowest BCUT2D eigenvalue weighted by Crippen LogP contribution is -2.33. The van der Waals surface area contributed by atoms with E-state index in [9.17, 15) is 44.4 Å². The standard InChI is InChI=1S/C39H44ClNO9/c1-20-11-9-7-8-10-12-30(45)41-34-33(40)39(50)31-27(38(34)49)18-25(6)37(48)32(31)36(47)24(5)17-23(4)35(46)22(3)14-16-26(42)15-13-21(2)29(44)19-28(20)43/h7-14,16-18,20,22-23,26,28,35,42-43,46,48H,15,19H2,1-6H3,(H,41,45)/b8-7+,11-9+,12-10+,16-14-,21-13-,24-17+. The lowest BCUT2D eigenvalue weighted by molar-refractivity contribution is -0.118. The molecule has 0 radical (unpaired) electrons. The van der Waals surface area contributed by atoms with E-state index in [1.807, 2.05) is 0 Å². The number of hydrogen-bond donors (Lipinski definition) is 5. The van der Waals surface area contributed by atoms with E-state index in [0.29, 0.717) is 5.57 Å². The fourth-order valence-electron chi connectivity index (χ4n) is 5.51. The van der Waals surface area contributed by atoms with Gasteiger partial charge in [-0.05, 0) is 50.0 Å². The molecule has 0 saturated heterocycles. The molecule has 266 valence electrons. The van der Waals surface area contributed by atoms with Gasteiger partial charge in [-0.15, -0.1) is 0 Å². The van der Waals surface area contributed by atoms with Gasteiger partial charge in [-0.3, -0.25) is 24.0 Å². The summed E-state index contributed by atoms with van der Waals surface area (Å²) >= 11 is 6.31. The Kier molecular flexibility index (Phi) is 13.9. The number of nitrogens with one attached hydrogen (secondary N) is 1. The summed E-state index contributed by atoms with van der Waals surface area (Å²) in [7, 11) is 0. The van der Waals surface area contributed by atoms with Crippen molar-refractivity contribution in [3.05, 3.63) is 111 Å². The predicted octanol–water partition coefficient (Wildman–Crippen LogP) is 5.30. The van der Waals surface area contributed by atoms with Crippen molar-refractivity contribution in [2.24, 2.45) is 17.8 Å². The summed E-state index contributed by atoms with van der Waals surface area (Å²) < 4.78 is 0. The average Bonchev–Trinajstić information content (AvgIpc) is 3.07. The molecule has 10 nitrogen and oxygen atoms in total. The van der Waals surface area contributed by atoms with Gasteiger partial charge >= 0.3 is 0 Å². The van der Waals surface area contributed by atoms with E-state index in [-0.39, 0.29) is 41.2 Å². The van der Waals surface area contributed by atoms with E-state index in [2.05, 4.69) is 5.32 Å². The molecule has 1 aromatic rings. The third kappa shape index (κ3) is 9.60. The maximum Gasteiger partial charge on any atom is 0.248 e. The van der Waals surface area contributed by atoms with E-state index in [1.54, 1.807) is 58.1 Å². The number of allylic oxidation sites excluding steroid dienone is 8. The number of ketones is 4. The normalized spacial score (nSPS) is 31.4. The third-order valence-electron chi connectivity index (χ3n) is 8.77. The summed E-state index contributed by atoms with van der Waals surface area (Å²) in [6, 6.07) is 1.25. The second kappa shape index (κ2) is 17.4. The fourth-order valence-corrected chi connectivity index (χ4v) is 5.73. The number of aliphatic hydroxyl groups is 3. The number of aliphatic hydroxyl groups excluding tert-OH is 3. The molecule has 6 unspecified atom stereocenters. The smallest absolute Gasteiger partial charge is 0.248 e. The van der Waals surface area contributed by atoms with Crippen molar-refractivity contribution < 1.29 is 44.4 Å². The van der Waals surface area contributed by atoms with Crippen molar-refractivity contribution in [1.29, 1.82) is 0 Å². The lowest BCUT2D eigenvalue weighted by Gasteiger charge is -2.23. The highest BCUT2D eigenvalue weighted by Gasteiger charge is 2.38. The SMILES string of the molecule is C/C1=C/CC(O)/C=C\C(C)C(O)C(C)/C=C(\C)C(=O)c2c(O)c(C)cc3c2C(=O)C(Cl)=C(NC(=O)/C=C/C=C/C=C/C(C)C(O)CC1=O)C3=O. The summed E-state index contributed by atoms with van der Waals surface area (Å²) in [5.74, 6) is -5.52. The molecule has 0 spiro atoms. The predicted molar refractivity (Wildman–Crippen MR) is 191 cm³/mol. The van der Waals surface area contributed by atoms with Crippen LogP contribution in [-0.2, 0) is 9.59 Å². The van der Waals surface area contributed by atoms with E-state index in [0.717, 1.165) is 6.08 Å². The molecule has 11 heteroatoms. The molecule has 2 heterocycles. The van der Waals surface area contributed by atoms with Crippen LogP contribution in [0.15, 0.2) is 88.7 Å². The van der Waals surface area contributed by atoms with Crippen LogP contribution in [0.5, 0.6) is 5.75 Å². The van der Waals surface area contributed by atoms with Gasteiger partial charge < -0.3 is 25.7 Å². The van der Waals surface area contributed by atoms with Crippen LogP contribution in [0.2, 0.25) is 0 Å². The van der Waals surface area contributed by atoms with Gasteiger partial charge in [0.05, 0.1) is 23.9 Å². The fraction of sp³-hybridized carbons (Fsp3) is 0.359. The Morgan fingerprint density at radius 2 is 1.42 bits per heavy atom. The largest absolute Gasteiger partial charge is 0.507 e. The number of fused-ring (bicyclic) bond motifs is 18. The quantitative estimate of drug-likeness (QED) is 0.224. The highest BCUT2D eigenvalue weighted by Crippen LogP contribution is 2.37. The molecular weight excluding hydrogens is 662 g/mol. The minimum atomic E-state index is -1.01. The van der Waals surface area contributed by atoms with Crippen molar-refractivity contribution in [1.82, 2.24) is 5.32 Å². The number of phenolic OH excluding ortho intramolecular Hbond substituents is 1. The molecule has 0 fully saturated rings. The van der Waals surface area contributed by atoms with Crippen molar-refractivity contribution in [3.8, 4) is 5.75 Å². The Morgan fingerprint density at radius 1 is 0.760 bits per heavy atom. The lowest BCUT2D eigenvalue weighted by atomic mass is 9.83. The van der Waals surface area contributed by atoms with E-state index >= 15 is 0 Å². The third-order valence-corrected chi connectivity index (χ3v) is 9.13. The first-order valence-corrected chi connectivity index (χ1v) is 16.7. The number of aryl methyl sites for hydroxylation is 1. The number of Topliss-reactive ketones (excluding diaryl/α,β-unsaturated/α-hetero) is 4. The van der Waals surface area contributed by atoms with Crippen LogP contribution < -0.4 is 5.32 Å². The van der Waals surface area contributed by atoms with Crippen molar-refractivity contribution in [2.45, 2.75) is 72.7 Å². The van der Waals surface area contributed by atoms with Crippen LogP contribution in [0.4, 0.5) is 0 Å². The Hall–Kier alpha value is -4.48. The van der Waals surface area contributed by atoms with Crippen molar-refractivity contribution >= 4 is 40.6 Å². The first-order chi connectivity index (χ1) is 23.5. The second-order valence-corrected chi connectivity index (χ2v) is 13.2. The van der Waals surface area contributed by atoms with Crippen LogP contribution in [-0.4, -0.2) is 67.8 Å². The molecule has 1 amide bonds. The number of amides is 1. The molecule has 5 N–H and O–H groups in total. The average molecular weight is 706 g/mol. The maximum atomic E-state index is 13.8. The zero-order valence-electron chi connectivity index (χ0n) is 28.9. The number of benzene rings is 1. The molecule has 0 aromatic heterocycles. The highest BCUT2D eigenvalue weighted by atomic mass is 35.5. The van der Waals surface area contributed by atoms with Crippen molar-refractivity contribution in [2.75, 3.05) is 0 Å². The molecule has 6 atom stereocenters. The van der Waals surface area contributed by atoms with E-state index < -0.39 is 81.0 Å². The van der Waals surface area contributed by atoms with Crippen LogP contribution in [0, 0.1) is 24.7 Å². The number of aromatic hydroxyl groups is 1. The molecule has 3 aliphatic rings. The molecular formula is C39H44ClNO9. The second-order valence-electron chi connectivity index (χ2n) is 12.8. The molecule has 0 saturated carbocycles. The molecule has 1 aromatic carbocycles. The van der Waals surface area contributed by atoms with E-state index in [1.165, 1.54) is 44.2 Å². The maximum absolute atomic E-state index is 13.8. The topological polar surface area (TPSA) is 178 Å². The minimum absolute atomic E-state index is 0.0807. The number of rotatable bonds is 0. The first kappa shape index (κ1) is 40.0. The Labute approximate surface area is 296 Å². The van der Waals surface area contributed by atoms with Crippen LogP contribution in [0.3, 0.4) is 0 Å². The molecule has 50 heavy (non-hydrogen) atoms. The van der Waals surface area contributed by atoms with Crippen LogP contribution in [0.1, 0.15) is 84.1 Å². The molecule has 2 aliphatic heterocycles. The van der Waals surface area contributed by atoms with Gasteiger partial charge in [-0.2, -0.15) is 0 Å². The summed E-state index contributed by atoms with van der Waals surface area (Å²) in [4.78, 5) is 66.2. The Bertz CT molecular complexity index is 1770. The number of hydrogen-bond acceptors (Lipinski definition) is 9. The number of halogens is 1. The van der Waals surface area contributed by atoms with Gasteiger partial charge in [-0.25, -0.2) is 0 Å². The van der Waals surface area contributed by atoms with Crippen LogP contribution in [0.25, 0.3) is 0 Å². The number of carbonyl (C=O) groups is 5. The summed E-state index contributed by atoms with van der Waals surface area (Å²) in [5.41, 5.74) is -0.886. The minimum Gasteiger partial charge on any atom is -0.507 e. The molecule has 1 aliphatic carbocycles.